The van der Waals surface area contributed by atoms with Gasteiger partial charge >= 0.3 is 0 Å². The van der Waals surface area contributed by atoms with Crippen LogP contribution in [0.5, 0.6) is 0 Å². The van der Waals surface area contributed by atoms with Gasteiger partial charge in [0.05, 0.1) is 6.54 Å². The highest BCUT2D eigenvalue weighted by Crippen LogP contribution is 1.97. The molecule has 1 aromatic rings. The van der Waals surface area contributed by atoms with E-state index >= 15 is 0 Å². The van der Waals surface area contributed by atoms with E-state index in [0.717, 1.165) is 25.1 Å². The zero-order valence-corrected chi connectivity index (χ0v) is 14.7. The van der Waals surface area contributed by atoms with Gasteiger partial charge in [0.15, 0.2) is 5.96 Å². The number of rotatable bonds is 8. The molecular weight excluding hydrogens is 290 g/mol. The lowest BCUT2D eigenvalue weighted by molar-refractivity contribution is -0.128. The van der Waals surface area contributed by atoms with Crippen molar-refractivity contribution in [3.05, 3.63) is 30.1 Å². The molecule has 0 saturated carbocycles. The first kappa shape index (κ1) is 18.9. The number of nitrogens with zero attached hydrogens (tertiary/aromatic N) is 3. The standard InChI is InChI=1S/C17H29N5O/c1-14(2)8-11-20-17(18-3)21-13-16(23)22(4)12-9-15-7-5-6-10-19-15/h5-7,10,14H,8-9,11-13H2,1-4H3,(H2,18,20,21). The molecule has 0 unspecified atom stereocenters. The quantitative estimate of drug-likeness (QED) is 0.560. The van der Waals surface area contributed by atoms with Crippen LogP contribution < -0.4 is 10.6 Å². The number of nitrogens with one attached hydrogen (secondary N) is 2. The highest BCUT2D eigenvalue weighted by atomic mass is 16.2. The summed E-state index contributed by atoms with van der Waals surface area (Å²) in [5.41, 5.74) is 0.992. The lowest BCUT2D eigenvalue weighted by Crippen LogP contribution is -2.44. The van der Waals surface area contributed by atoms with E-state index in [2.05, 4.69) is 34.5 Å². The van der Waals surface area contributed by atoms with Gasteiger partial charge in [0, 0.05) is 45.5 Å². The minimum atomic E-state index is 0.0349. The fourth-order valence-electron chi connectivity index (χ4n) is 1.95. The molecule has 1 aromatic heterocycles. The molecule has 1 rings (SSSR count). The van der Waals surface area contributed by atoms with Crippen molar-refractivity contribution in [1.82, 2.24) is 20.5 Å². The number of hydrogen-bond donors (Lipinski definition) is 2. The molecule has 0 fully saturated rings. The van der Waals surface area contributed by atoms with E-state index in [1.54, 1.807) is 18.1 Å². The number of hydrogen-bond acceptors (Lipinski definition) is 3. The number of guanidine groups is 1. The molecule has 1 amide bonds. The largest absolute Gasteiger partial charge is 0.356 e. The van der Waals surface area contributed by atoms with Gasteiger partial charge in [-0.1, -0.05) is 19.9 Å². The maximum absolute atomic E-state index is 12.1. The molecule has 1 heterocycles. The van der Waals surface area contributed by atoms with Gasteiger partial charge in [-0.2, -0.15) is 0 Å². The fraction of sp³-hybridized carbons (Fsp3) is 0.588. The third kappa shape index (κ3) is 8.18. The van der Waals surface area contributed by atoms with Crippen LogP contribution in [0.25, 0.3) is 0 Å². The Morgan fingerprint density at radius 3 is 2.74 bits per heavy atom. The smallest absolute Gasteiger partial charge is 0.241 e. The molecule has 0 spiro atoms. The van der Waals surface area contributed by atoms with Gasteiger partial charge in [0.2, 0.25) is 5.91 Å². The maximum Gasteiger partial charge on any atom is 0.241 e. The van der Waals surface area contributed by atoms with Gasteiger partial charge in [-0.05, 0) is 24.5 Å². The summed E-state index contributed by atoms with van der Waals surface area (Å²) in [5.74, 6) is 1.34. The number of aromatic nitrogens is 1. The van der Waals surface area contributed by atoms with Crippen LogP contribution in [0.3, 0.4) is 0 Å². The second kappa shape index (κ2) is 10.6. The Kier molecular flexibility index (Phi) is 8.72. The van der Waals surface area contributed by atoms with Gasteiger partial charge in [0.25, 0.3) is 0 Å². The SMILES string of the molecule is CN=C(NCCC(C)C)NCC(=O)N(C)CCc1ccccn1. The first-order chi connectivity index (χ1) is 11.0. The van der Waals surface area contributed by atoms with Crippen molar-refractivity contribution >= 4 is 11.9 Å². The molecule has 0 aliphatic carbocycles. The van der Waals surface area contributed by atoms with Gasteiger partial charge in [-0.3, -0.25) is 14.8 Å². The first-order valence-electron chi connectivity index (χ1n) is 8.11. The van der Waals surface area contributed by atoms with Gasteiger partial charge < -0.3 is 15.5 Å². The van der Waals surface area contributed by atoms with Crippen molar-refractivity contribution in [3.8, 4) is 0 Å². The van der Waals surface area contributed by atoms with Crippen molar-refractivity contribution in [1.29, 1.82) is 0 Å². The van der Waals surface area contributed by atoms with Crippen LogP contribution in [0, 0.1) is 5.92 Å². The fourth-order valence-corrected chi connectivity index (χ4v) is 1.95. The number of carbonyl (C=O) groups is 1. The third-order valence-electron chi connectivity index (χ3n) is 3.50. The summed E-state index contributed by atoms with van der Waals surface area (Å²) in [6.07, 6.45) is 3.59. The van der Waals surface area contributed by atoms with E-state index in [9.17, 15) is 4.79 Å². The number of likely N-dealkylation sites (N-methyl/N-ethyl adjacent to an activating group) is 1. The summed E-state index contributed by atoms with van der Waals surface area (Å²) in [5, 5.41) is 6.27. The minimum absolute atomic E-state index is 0.0349. The Hall–Kier alpha value is -2.11. The lowest BCUT2D eigenvalue weighted by Gasteiger charge is -2.18. The minimum Gasteiger partial charge on any atom is -0.356 e. The van der Waals surface area contributed by atoms with Crippen LogP contribution in [0.1, 0.15) is 26.0 Å². The van der Waals surface area contributed by atoms with Crippen LogP contribution >= 0.6 is 0 Å². The number of aliphatic imine (C=N–C) groups is 1. The van der Waals surface area contributed by atoms with Crippen molar-refractivity contribution in [2.75, 3.05) is 33.7 Å². The lowest BCUT2D eigenvalue weighted by atomic mass is 10.1. The van der Waals surface area contributed by atoms with E-state index in [1.807, 2.05) is 25.2 Å². The van der Waals surface area contributed by atoms with E-state index in [-0.39, 0.29) is 12.5 Å². The third-order valence-corrected chi connectivity index (χ3v) is 3.50. The number of pyridine rings is 1. The van der Waals surface area contributed by atoms with Crippen LogP contribution in [0.15, 0.2) is 29.4 Å². The van der Waals surface area contributed by atoms with Gasteiger partial charge in [-0.25, -0.2) is 0 Å². The van der Waals surface area contributed by atoms with Crippen molar-refractivity contribution in [3.63, 3.8) is 0 Å². The molecule has 128 valence electrons. The highest BCUT2D eigenvalue weighted by Gasteiger charge is 2.09. The molecular formula is C17H29N5O. The zero-order chi connectivity index (χ0) is 17.1. The molecule has 2 N–H and O–H groups in total. The van der Waals surface area contributed by atoms with Crippen LogP contribution in [0.2, 0.25) is 0 Å². The molecule has 6 heteroatoms. The molecule has 0 radical (unpaired) electrons. The summed E-state index contributed by atoms with van der Waals surface area (Å²) in [7, 11) is 3.52. The Morgan fingerprint density at radius 2 is 2.13 bits per heavy atom. The Morgan fingerprint density at radius 1 is 1.35 bits per heavy atom. The zero-order valence-electron chi connectivity index (χ0n) is 14.7. The summed E-state index contributed by atoms with van der Waals surface area (Å²) in [6.45, 7) is 6.09. The highest BCUT2D eigenvalue weighted by molar-refractivity contribution is 5.86. The van der Waals surface area contributed by atoms with Gasteiger partial charge in [-0.15, -0.1) is 0 Å². The molecule has 0 aliphatic heterocycles. The van der Waals surface area contributed by atoms with E-state index in [0.29, 0.717) is 18.4 Å². The van der Waals surface area contributed by atoms with E-state index < -0.39 is 0 Å². The Balaban J connectivity index is 2.28. The monoisotopic (exact) mass is 319 g/mol. The molecule has 6 nitrogen and oxygen atoms in total. The summed E-state index contributed by atoms with van der Waals surface area (Å²) < 4.78 is 0. The Labute approximate surface area is 139 Å². The number of amides is 1. The van der Waals surface area contributed by atoms with Crippen LogP contribution in [-0.2, 0) is 11.2 Å². The molecule has 23 heavy (non-hydrogen) atoms. The summed E-state index contributed by atoms with van der Waals surface area (Å²) in [4.78, 5) is 22.2. The van der Waals surface area contributed by atoms with Crippen molar-refractivity contribution < 1.29 is 4.79 Å². The summed E-state index contributed by atoms with van der Waals surface area (Å²) >= 11 is 0. The molecule has 0 aliphatic rings. The van der Waals surface area contributed by atoms with Crippen LogP contribution in [0.4, 0.5) is 0 Å². The average molecular weight is 319 g/mol. The van der Waals surface area contributed by atoms with Crippen molar-refractivity contribution in [2.24, 2.45) is 10.9 Å². The first-order valence-corrected chi connectivity index (χ1v) is 8.11. The summed E-state index contributed by atoms with van der Waals surface area (Å²) in [6, 6.07) is 5.82. The predicted octanol–water partition coefficient (Wildman–Crippen LogP) is 1.29. The predicted molar refractivity (Wildman–Crippen MR) is 94.4 cm³/mol. The molecule has 0 saturated heterocycles. The molecule has 0 aromatic carbocycles. The second-order valence-corrected chi connectivity index (χ2v) is 5.92. The van der Waals surface area contributed by atoms with Crippen molar-refractivity contribution in [2.45, 2.75) is 26.7 Å². The van der Waals surface area contributed by atoms with E-state index in [1.165, 1.54) is 0 Å². The topological polar surface area (TPSA) is 69.6 Å². The van der Waals surface area contributed by atoms with Gasteiger partial charge in [0.1, 0.15) is 0 Å². The average Bonchev–Trinajstić information content (AvgIpc) is 2.56. The Bertz CT molecular complexity index is 487. The maximum atomic E-state index is 12.1. The molecule has 0 atom stereocenters. The number of carbonyl (C=O) groups excluding carboxylic acids is 1. The second-order valence-electron chi connectivity index (χ2n) is 5.92. The molecule has 0 bridgehead atoms. The normalized spacial score (nSPS) is 11.4. The van der Waals surface area contributed by atoms with E-state index in [4.69, 9.17) is 0 Å². The van der Waals surface area contributed by atoms with Crippen LogP contribution in [-0.4, -0.2) is 55.5 Å².